The molecule has 3 aromatic rings. The van der Waals surface area contributed by atoms with E-state index >= 15 is 0 Å². The Hall–Kier alpha value is -3.11. The summed E-state index contributed by atoms with van der Waals surface area (Å²) in [6.45, 7) is 3.34. The van der Waals surface area contributed by atoms with Gasteiger partial charge in [0, 0.05) is 42.7 Å². The van der Waals surface area contributed by atoms with E-state index in [0.29, 0.717) is 13.1 Å². The Morgan fingerprint density at radius 2 is 1.45 bits per heavy atom. The molecule has 2 heterocycles. The lowest BCUT2D eigenvalue weighted by atomic mass is 9.75. The number of fused-ring (bicyclic) bond motifs is 4. The summed E-state index contributed by atoms with van der Waals surface area (Å²) in [5, 5.41) is 0. The second-order valence-electron chi connectivity index (χ2n) is 7.59. The highest BCUT2D eigenvalue weighted by atomic mass is 16.5. The Morgan fingerprint density at radius 3 is 2.10 bits per heavy atom. The van der Waals surface area contributed by atoms with Crippen molar-refractivity contribution >= 4 is 17.3 Å². The SMILES string of the molecule is CCN1C(=O)C2(c3ccccc31)c1ccccc1N(Cc1ccccc1)[C@@H]2OC. The van der Waals surface area contributed by atoms with Crippen LogP contribution < -0.4 is 9.80 Å². The molecule has 4 heteroatoms. The zero-order chi connectivity index (χ0) is 20.0. The van der Waals surface area contributed by atoms with Gasteiger partial charge in [0.2, 0.25) is 5.91 Å². The predicted octanol–water partition coefficient (Wildman–Crippen LogP) is 4.33. The number of methoxy groups -OCH3 is 1. The van der Waals surface area contributed by atoms with Crippen LogP contribution in [-0.4, -0.2) is 25.8 Å². The van der Waals surface area contributed by atoms with Gasteiger partial charge in [-0.15, -0.1) is 0 Å². The van der Waals surface area contributed by atoms with Crippen molar-refractivity contribution in [3.05, 3.63) is 95.6 Å². The van der Waals surface area contributed by atoms with Crippen LogP contribution in [0, 0.1) is 0 Å². The van der Waals surface area contributed by atoms with Crippen LogP contribution in [0.2, 0.25) is 0 Å². The van der Waals surface area contributed by atoms with Crippen LogP contribution in [0.15, 0.2) is 78.9 Å². The Balaban J connectivity index is 1.75. The number of hydrogen-bond acceptors (Lipinski definition) is 3. The minimum absolute atomic E-state index is 0.0936. The van der Waals surface area contributed by atoms with Crippen LogP contribution in [-0.2, 0) is 21.5 Å². The number of anilines is 2. The van der Waals surface area contributed by atoms with E-state index in [2.05, 4.69) is 35.2 Å². The first-order valence-electron chi connectivity index (χ1n) is 10.1. The third-order valence-electron chi connectivity index (χ3n) is 6.23. The molecule has 0 N–H and O–H groups in total. The molecule has 3 aromatic carbocycles. The van der Waals surface area contributed by atoms with E-state index in [1.54, 1.807) is 7.11 Å². The van der Waals surface area contributed by atoms with Crippen LogP contribution in [0.25, 0.3) is 0 Å². The summed E-state index contributed by atoms with van der Waals surface area (Å²) in [4.78, 5) is 18.1. The van der Waals surface area contributed by atoms with Crippen LogP contribution >= 0.6 is 0 Å². The number of benzene rings is 3. The van der Waals surface area contributed by atoms with E-state index in [1.807, 2.05) is 60.4 Å². The summed E-state index contributed by atoms with van der Waals surface area (Å²) in [7, 11) is 1.71. The fraction of sp³-hybridized carbons (Fsp3) is 0.240. The molecule has 5 rings (SSSR count). The lowest BCUT2D eigenvalue weighted by Gasteiger charge is -2.35. The van der Waals surface area contributed by atoms with Gasteiger partial charge in [-0.2, -0.15) is 0 Å². The third-order valence-corrected chi connectivity index (χ3v) is 6.23. The summed E-state index contributed by atoms with van der Waals surface area (Å²) < 4.78 is 6.11. The maximum atomic E-state index is 14.0. The first-order chi connectivity index (χ1) is 14.2. The molecule has 0 aliphatic carbocycles. The van der Waals surface area contributed by atoms with Crippen molar-refractivity contribution in [1.82, 2.24) is 0 Å². The molecule has 29 heavy (non-hydrogen) atoms. The lowest BCUT2D eigenvalue weighted by molar-refractivity contribution is -0.125. The molecular weight excluding hydrogens is 360 g/mol. The Kier molecular flexibility index (Phi) is 4.18. The monoisotopic (exact) mass is 384 g/mol. The molecule has 0 saturated carbocycles. The van der Waals surface area contributed by atoms with Gasteiger partial charge in [-0.3, -0.25) is 4.79 Å². The Labute approximate surface area is 171 Å². The zero-order valence-corrected chi connectivity index (χ0v) is 16.7. The van der Waals surface area contributed by atoms with E-state index in [1.165, 1.54) is 5.56 Å². The Bertz CT molecular complexity index is 1070. The summed E-state index contributed by atoms with van der Waals surface area (Å²) in [5.74, 6) is 0.0936. The van der Waals surface area contributed by atoms with Gasteiger partial charge in [-0.05, 0) is 24.6 Å². The summed E-state index contributed by atoms with van der Waals surface area (Å²) in [6.07, 6.45) is -0.412. The fourth-order valence-electron chi connectivity index (χ4n) is 5.10. The minimum atomic E-state index is -0.854. The minimum Gasteiger partial charge on any atom is -0.360 e. The Morgan fingerprint density at radius 1 is 0.862 bits per heavy atom. The fourth-order valence-corrected chi connectivity index (χ4v) is 5.10. The van der Waals surface area contributed by atoms with Crippen LogP contribution in [0.4, 0.5) is 11.4 Å². The molecule has 1 unspecified atom stereocenters. The largest absolute Gasteiger partial charge is 0.360 e. The van der Waals surface area contributed by atoms with Gasteiger partial charge in [0.25, 0.3) is 0 Å². The molecule has 4 nitrogen and oxygen atoms in total. The van der Waals surface area contributed by atoms with Crippen molar-refractivity contribution in [2.45, 2.75) is 25.1 Å². The number of likely N-dealkylation sites (N-methyl/N-ethyl adjacent to an activating group) is 1. The number of rotatable bonds is 4. The van der Waals surface area contributed by atoms with Crippen molar-refractivity contribution < 1.29 is 9.53 Å². The van der Waals surface area contributed by atoms with Crippen molar-refractivity contribution in [1.29, 1.82) is 0 Å². The highest BCUT2D eigenvalue weighted by molar-refractivity contribution is 6.13. The van der Waals surface area contributed by atoms with Crippen molar-refractivity contribution in [2.75, 3.05) is 23.5 Å². The number of amides is 1. The lowest BCUT2D eigenvalue weighted by Crippen LogP contribution is -2.52. The summed E-state index contributed by atoms with van der Waals surface area (Å²) in [5.41, 5.74) is 4.43. The number of hydrogen-bond donors (Lipinski definition) is 0. The predicted molar refractivity (Wildman–Crippen MR) is 115 cm³/mol. The number of para-hydroxylation sites is 2. The van der Waals surface area contributed by atoms with Gasteiger partial charge in [0.15, 0.2) is 6.23 Å². The first kappa shape index (κ1) is 18.0. The van der Waals surface area contributed by atoms with Gasteiger partial charge in [-0.25, -0.2) is 0 Å². The van der Waals surface area contributed by atoms with Crippen LogP contribution in [0.1, 0.15) is 23.6 Å². The molecule has 1 spiro atoms. The highest BCUT2D eigenvalue weighted by Gasteiger charge is 2.63. The van der Waals surface area contributed by atoms with Gasteiger partial charge >= 0.3 is 0 Å². The van der Waals surface area contributed by atoms with Gasteiger partial charge in [0.1, 0.15) is 5.41 Å². The van der Waals surface area contributed by atoms with Gasteiger partial charge < -0.3 is 14.5 Å². The molecular formula is C25H24N2O2. The van der Waals surface area contributed by atoms with Gasteiger partial charge in [-0.1, -0.05) is 66.7 Å². The molecule has 0 saturated heterocycles. The van der Waals surface area contributed by atoms with Crippen LogP contribution in [0.3, 0.4) is 0 Å². The topological polar surface area (TPSA) is 32.8 Å². The van der Waals surface area contributed by atoms with Crippen molar-refractivity contribution in [3.63, 3.8) is 0 Å². The molecule has 0 bridgehead atoms. The number of carbonyl (C=O) groups excluding carboxylic acids is 1. The number of nitrogens with zero attached hydrogens (tertiary/aromatic N) is 2. The average molecular weight is 384 g/mol. The zero-order valence-electron chi connectivity index (χ0n) is 16.7. The van der Waals surface area contributed by atoms with Crippen molar-refractivity contribution in [3.8, 4) is 0 Å². The molecule has 0 radical (unpaired) electrons. The molecule has 0 aromatic heterocycles. The number of ether oxygens (including phenoxy) is 1. The normalized spacial score (nSPS) is 22.3. The quantitative estimate of drug-likeness (QED) is 0.671. The average Bonchev–Trinajstić information content (AvgIpc) is 3.19. The second kappa shape index (κ2) is 6.75. The number of carbonyl (C=O) groups is 1. The summed E-state index contributed by atoms with van der Waals surface area (Å²) >= 11 is 0. The van der Waals surface area contributed by atoms with E-state index in [9.17, 15) is 4.79 Å². The van der Waals surface area contributed by atoms with E-state index in [-0.39, 0.29) is 5.91 Å². The molecule has 0 fully saturated rings. The smallest absolute Gasteiger partial charge is 0.246 e. The molecule has 2 aliphatic rings. The maximum Gasteiger partial charge on any atom is 0.246 e. The molecule has 2 atom stereocenters. The maximum absolute atomic E-state index is 14.0. The molecule has 2 aliphatic heterocycles. The molecule has 1 amide bonds. The second-order valence-corrected chi connectivity index (χ2v) is 7.59. The van der Waals surface area contributed by atoms with E-state index < -0.39 is 11.6 Å². The molecule has 146 valence electrons. The van der Waals surface area contributed by atoms with E-state index in [4.69, 9.17) is 4.74 Å². The van der Waals surface area contributed by atoms with E-state index in [0.717, 1.165) is 22.5 Å². The van der Waals surface area contributed by atoms with Crippen LogP contribution in [0.5, 0.6) is 0 Å². The van der Waals surface area contributed by atoms with Crippen molar-refractivity contribution in [2.24, 2.45) is 0 Å². The first-order valence-corrected chi connectivity index (χ1v) is 10.1. The van der Waals surface area contributed by atoms with Gasteiger partial charge in [0.05, 0.1) is 0 Å². The third kappa shape index (κ3) is 2.33. The standard InChI is InChI=1S/C25H24N2O2/c1-3-26-21-15-9-7-13-19(21)25(23(26)28)20-14-8-10-16-22(20)27(24(25)29-2)17-18-11-5-4-6-12-18/h4-16,24H,3,17H2,1-2H3/t24-,25?/m1/s1. The highest BCUT2D eigenvalue weighted by Crippen LogP contribution is 2.56. The summed E-state index contributed by atoms with van der Waals surface area (Å²) in [6, 6.07) is 26.7.